The van der Waals surface area contributed by atoms with E-state index in [4.69, 9.17) is 0 Å². The standard InChI is InChI=1S/2C8H20P.C4H4O4/c2*1-5-9(6-2,7-3)8-4;5-3(6)1-2-4(7)8/h2*5-8H2,1-4H3;1-2H,(H,5,6)(H,7,8)/q2*+1;/p-2/b;;2-1+. The van der Waals surface area contributed by atoms with Gasteiger partial charge in [0, 0.05) is 14.5 Å². The molecule has 0 unspecified atom stereocenters. The van der Waals surface area contributed by atoms with Crippen LogP contribution in [0.2, 0.25) is 0 Å². The third kappa shape index (κ3) is 14.7. The van der Waals surface area contributed by atoms with E-state index in [9.17, 15) is 19.8 Å². The second-order valence-corrected chi connectivity index (χ2v) is 16.6. The zero-order valence-electron chi connectivity index (χ0n) is 18.3. The van der Waals surface area contributed by atoms with E-state index >= 15 is 0 Å². The van der Waals surface area contributed by atoms with Crippen LogP contribution in [0.15, 0.2) is 12.2 Å². The van der Waals surface area contributed by atoms with Gasteiger partial charge in [-0.1, -0.05) is 0 Å². The molecule has 6 heteroatoms. The second-order valence-electron chi connectivity index (χ2n) is 6.18. The van der Waals surface area contributed by atoms with Gasteiger partial charge in [0.05, 0.1) is 61.2 Å². The third-order valence-electron chi connectivity index (χ3n) is 5.72. The van der Waals surface area contributed by atoms with Gasteiger partial charge in [-0.15, -0.1) is 0 Å². The van der Waals surface area contributed by atoms with E-state index in [1.54, 1.807) is 0 Å². The number of carboxylic acid groups (broad SMARTS) is 2. The lowest BCUT2D eigenvalue weighted by molar-refractivity contribution is -0.301. The fraction of sp³-hybridized carbons (Fsp3) is 0.800. The van der Waals surface area contributed by atoms with Gasteiger partial charge in [0.1, 0.15) is 0 Å². The smallest absolute Gasteiger partial charge is 0.0643 e. The highest BCUT2D eigenvalue weighted by Crippen LogP contribution is 2.57. The fourth-order valence-electron chi connectivity index (χ4n) is 2.82. The van der Waals surface area contributed by atoms with Crippen LogP contribution in [0.5, 0.6) is 0 Å². The molecule has 0 fully saturated rings. The molecule has 0 aromatic heterocycles. The summed E-state index contributed by atoms with van der Waals surface area (Å²) in [4.78, 5) is 18.8. The molecule has 0 radical (unpaired) electrons. The highest BCUT2D eigenvalue weighted by atomic mass is 31.2. The zero-order chi connectivity index (χ0) is 21.2. The lowest BCUT2D eigenvalue weighted by atomic mass is 10.5. The van der Waals surface area contributed by atoms with Gasteiger partial charge in [0.15, 0.2) is 0 Å². The maximum atomic E-state index is 9.41. The Bertz CT molecular complexity index is 316. The summed E-state index contributed by atoms with van der Waals surface area (Å²) in [6.45, 7) is 18.8. The van der Waals surface area contributed by atoms with Crippen molar-refractivity contribution < 1.29 is 19.8 Å². The molecular weight excluding hydrogens is 366 g/mol. The molecule has 0 saturated heterocycles. The van der Waals surface area contributed by atoms with Crippen molar-refractivity contribution in [3.8, 4) is 0 Å². The van der Waals surface area contributed by atoms with Crippen LogP contribution in [0, 0.1) is 0 Å². The van der Waals surface area contributed by atoms with E-state index in [1.165, 1.54) is 49.3 Å². The molecule has 0 aliphatic rings. The van der Waals surface area contributed by atoms with Crippen molar-refractivity contribution in [1.82, 2.24) is 0 Å². The fourth-order valence-corrected chi connectivity index (χ4v) is 8.19. The molecule has 0 saturated carbocycles. The zero-order valence-corrected chi connectivity index (χ0v) is 20.1. The Labute approximate surface area is 163 Å². The lowest BCUT2D eigenvalue weighted by Crippen LogP contribution is -2.23. The van der Waals surface area contributed by atoms with Crippen LogP contribution < -0.4 is 10.2 Å². The topological polar surface area (TPSA) is 80.3 Å². The SMILES string of the molecule is CC[P+](CC)(CC)CC.CC[P+](CC)(CC)CC.O=C([O-])/C=C/C(=O)[O-]. The van der Waals surface area contributed by atoms with Crippen LogP contribution in [-0.4, -0.2) is 61.2 Å². The molecule has 26 heavy (non-hydrogen) atoms. The summed E-state index contributed by atoms with van der Waals surface area (Å²) < 4.78 is 0. The summed E-state index contributed by atoms with van der Waals surface area (Å²) in [5, 5.41) is 18.8. The Balaban J connectivity index is -0.000000306. The van der Waals surface area contributed by atoms with Gasteiger partial charge in [-0.25, -0.2) is 0 Å². The van der Waals surface area contributed by atoms with Gasteiger partial charge in [-0.2, -0.15) is 0 Å². The van der Waals surface area contributed by atoms with Crippen LogP contribution in [0.3, 0.4) is 0 Å². The normalized spacial score (nSPS) is 11.2. The molecule has 0 amide bonds. The van der Waals surface area contributed by atoms with E-state index in [1.807, 2.05) is 0 Å². The van der Waals surface area contributed by atoms with E-state index < -0.39 is 26.5 Å². The number of aliphatic carboxylic acids is 2. The Morgan fingerprint density at radius 1 is 0.538 bits per heavy atom. The summed E-state index contributed by atoms with van der Waals surface area (Å²) in [7, 11) is -0.840. The summed E-state index contributed by atoms with van der Waals surface area (Å²) in [6.07, 6.45) is 12.4. The van der Waals surface area contributed by atoms with Crippen molar-refractivity contribution >= 4 is 26.5 Å². The number of rotatable bonds is 10. The molecule has 4 nitrogen and oxygen atoms in total. The minimum atomic E-state index is -1.55. The first-order chi connectivity index (χ1) is 12.1. The van der Waals surface area contributed by atoms with Crippen LogP contribution in [0.1, 0.15) is 55.4 Å². The number of hydrogen-bond donors (Lipinski definition) is 0. The predicted molar refractivity (Wildman–Crippen MR) is 117 cm³/mol. The molecule has 0 bridgehead atoms. The van der Waals surface area contributed by atoms with Crippen molar-refractivity contribution in [3.63, 3.8) is 0 Å². The number of hydrogen-bond acceptors (Lipinski definition) is 4. The highest BCUT2D eigenvalue weighted by molar-refractivity contribution is 7.76. The first kappa shape index (κ1) is 30.3. The predicted octanol–water partition coefficient (Wildman–Crippen LogP) is 3.21. The minimum Gasteiger partial charge on any atom is -0.545 e. The van der Waals surface area contributed by atoms with Crippen molar-refractivity contribution in [2.75, 3.05) is 49.3 Å². The second kappa shape index (κ2) is 17.9. The molecule has 0 N–H and O–H groups in total. The van der Waals surface area contributed by atoms with Gasteiger partial charge < -0.3 is 19.8 Å². The monoisotopic (exact) mass is 408 g/mol. The average Bonchev–Trinajstić information content (AvgIpc) is 2.66. The molecule has 0 spiro atoms. The Kier molecular flexibility index (Phi) is 20.9. The first-order valence-corrected chi connectivity index (χ1v) is 15.0. The molecule has 0 heterocycles. The van der Waals surface area contributed by atoms with Crippen molar-refractivity contribution in [2.24, 2.45) is 0 Å². The molecule has 0 aromatic carbocycles. The van der Waals surface area contributed by atoms with Gasteiger partial charge in [0.2, 0.25) is 0 Å². The maximum Gasteiger partial charge on any atom is 0.0643 e. The van der Waals surface area contributed by atoms with E-state index in [0.29, 0.717) is 12.2 Å². The lowest BCUT2D eigenvalue weighted by Gasteiger charge is -2.20. The first-order valence-electron chi connectivity index (χ1n) is 9.91. The Morgan fingerprint density at radius 3 is 0.731 bits per heavy atom. The van der Waals surface area contributed by atoms with Crippen molar-refractivity contribution in [1.29, 1.82) is 0 Å². The van der Waals surface area contributed by atoms with Gasteiger partial charge in [0.25, 0.3) is 0 Å². The number of carboxylic acids is 2. The molecule has 0 aliphatic heterocycles. The molecule has 156 valence electrons. The van der Waals surface area contributed by atoms with Crippen LogP contribution in [-0.2, 0) is 9.59 Å². The minimum absolute atomic E-state index is 0.384. The number of carbonyl (C=O) groups is 2. The molecule has 0 atom stereocenters. The molecule has 0 rings (SSSR count). The summed E-state index contributed by atoms with van der Waals surface area (Å²) >= 11 is 0. The Morgan fingerprint density at radius 2 is 0.692 bits per heavy atom. The van der Waals surface area contributed by atoms with Crippen molar-refractivity contribution in [2.45, 2.75) is 55.4 Å². The van der Waals surface area contributed by atoms with Gasteiger partial charge in [-0.05, 0) is 67.5 Å². The Hall–Kier alpha value is -0.460. The molecule has 0 aromatic rings. The largest absolute Gasteiger partial charge is 0.545 e. The average molecular weight is 409 g/mol. The summed E-state index contributed by atoms with van der Waals surface area (Å²) in [5.41, 5.74) is 0. The van der Waals surface area contributed by atoms with Gasteiger partial charge in [-0.3, -0.25) is 0 Å². The molecular formula is C20H42O4P2. The summed E-state index contributed by atoms with van der Waals surface area (Å²) in [6, 6.07) is 0. The molecule has 0 aliphatic carbocycles. The number of carbonyl (C=O) groups excluding carboxylic acids is 2. The van der Waals surface area contributed by atoms with Crippen LogP contribution >= 0.6 is 14.5 Å². The third-order valence-corrected chi connectivity index (χ3v) is 16.5. The van der Waals surface area contributed by atoms with E-state index in [0.717, 1.165) is 0 Å². The maximum absolute atomic E-state index is 9.41. The van der Waals surface area contributed by atoms with E-state index in [2.05, 4.69) is 55.4 Å². The van der Waals surface area contributed by atoms with Crippen LogP contribution in [0.25, 0.3) is 0 Å². The summed E-state index contributed by atoms with van der Waals surface area (Å²) in [5.74, 6) is -3.09. The quantitative estimate of drug-likeness (QED) is 0.411. The van der Waals surface area contributed by atoms with Gasteiger partial charge >= 0.3 is 0 Å². The highest BCUT2D eigenvalue weighted by Gasteiger charge is 2.28. The van der Waals surface area contributed by atoms with Crippen molar-refractivity contribution in [3.05, 3.63) is 12.2 Å². The van der Waals surface area contributed by atoms with E-state index in [-0.39, 0.29) is 0 Å². The van der Waals surface area contributed by atoms with Crippen LogP contribution in [0.4, 0.5) is 0 Å².